The van der Waals surface area contributed by atoms with Crippen LogP contribution in [0, 0.1) is 11.8 Å². The lowest BCUT2D eigenvalue weighted by atomic mass is 9.84. The second-order valence-corrected chi connectivity index (χ2v) is 7.35. The molecular weight excluding hydrogens is 288 g/mol. The van der Waals surface area contributed by atoms with Crippen LogP contribution in [0.15, 0.2) is 9.85 Å². The minimum atomic E-state index is -0.770. The summed E-state index contributed by atoms with van der Waals surface area (Å²) in [6, 6.07) is 2.03. The third kappa shape index (κ3) is 1.63. The van der Waals surface area contributed by atoms with E-state index in [0.717, 1.165) is 21.2 Å². The second kappa shape index (κ2) is 3.84. The molecule has 0 aromatic carbocycles. The molecule has 2 saturated carbocycles. The number of hydrogen-bond acceptors (Lipinski definition) is 2. The number of rotatable bonds is 2. The molecule has 0 saturated heterocycles. The van der Waals surface area contributed by atoms with Crippen molar-refractivity contribution < 1.29 is 9.90 Å². The first kappa shape index (κ1) is 10.8. The average molecular weight is 301 g/mol. The van der Waals surface area contributed by atoms with Crippen molar-refractivity contribution >= 4 is 33.2 Å². The summed E-state index contributed by atoms with van der Waals surface area (Å²) in [4.78, 5) is 11.7. The van der Waals surface area contributed by atoms with Gasteiger partial charge in [-0.05, 0) is 64.6 Å². The van der Waals surface area contributed by atoms with E-state index in [1.54, 1.807) is 0 Å². The number of hydrogen-bond donors (Lipinski definition) is 1. The van der Waals surface area contributed by atoms with Gasteiger partial charge in [0.2, 0.25) is 0 Å². The van der Waals surface area contributed by atoms with Gasteiger partial charge in [0.05, 0.1) is 3.79 Å². The Labute approximate surface area is 107 Å². The first-order chi connectivity index (χ1) is 7.65. The summed E-state index contributed by atoms with van der Waals surface area (Å²) in [6.45, 7) is 0. The summed E-state index contributed by atoms with van der Waals surface area (Å²) in [6.07, 6.45) is 5.17. The summed E-state index contributed by atoms with van der Waals surface area (Å²) < 4.78 is 0.947. The number of halogens is 1. The molecule has 1 aromatic heterocycles. The number of aromatic carboxylic acids is 1. The summed E-state index contributed by atoms with van der Waals surface area (Å²) in [5.74, 6) is 1.33. The first-order valence-corrected chi connectivity index (χ1v) is 7.28. The molecule has 0 amide bonds. The molecule has 1 heterocycles. The van der Waals surface area contributed by atoms with E-state index in [4.69, 9.17) is 0 Å². The average Bonchev–Trinajstić information content (AvgIpc) is 2.89. The maximum atomic E-state index is 11.2. The van der Waals surface area contributed by atoms with E-state index in [9.17, 15) is 9.90 Å². The smallest absolute Gasteiger partial charge is 0.346 e. The summed E-state index contributed by atoms with van der Waals surface area (Å²) in [7, 11) is 0. The zero-order chi connectivity index (χ0) is 11.3. The largest absolute Gasteiger partial charge is 0.477 e. The molecule has 0 aliphatic heterocycles. The standard InChI is InChI=1S/C12H13BrO2S/c13-10-5-9(11(16-10)12(14)15)8-4-6-1-2-7(8)3-6/h5-8H,1-4H2,(H,14,15). The molecule has 2 aliphatic rings. The Hall–Kier alpha value is -0.350. The van der Waals surface area contributed by atoms with Crippen molar-refractivity contribution in [2.45, 2.75) is 31.6 Å². The number of carboxylic acids is 1. The molecule has 3 rings (SSSR count). The van der Waals surface area contributed by atoms with Gasteiger partial charge < -0.3 is 5.11 Å². The molecule has 1 N–H and O–H groups in total. The van der Waals surface area contributed by atoms with Gasteiger partial charge in [-0.1, -0.05) is 6.42 Å². The molecule has 16 heavy (non-hydrogen) atoms. The fourth-order valence-corrected chi connectivity index (χ4v) is 4.97. The Balaban J connectivity index is 1.97. The van der Waals surface area contributed by atoms with Crippen molar-refractivity contribution in [2.75, 3.05) is 0 Å². The zero-order valence-electron chi connectivity index (χ0n) is 8.78. The predicted octanol–water partition coefficient (Wildman–Crippen LogP) is 4.11. The van der Waals surface area contributed by atoms with Crippen molar-refractivity contribution in [3.8, 4) is 0 Å². The van der Waals surface area contributed by atoms with Gasteiger partial charge in [-0.2, -0.15) is 0 Å². The Morgan fingerprint density at radius 3 is 2.81 bits per heavy atom. The fraction of sp³-hybridized carbons (Fsp3) is 0.583. The Morgan fingerprint density at radius 2 is 2.25 bits per heavy atom. The van der Waals surface area contributed by atoms with Crippen molar-refractivity contribution in [1.29, 1.82) is 0 Å². The Morgan fingerprint density at radius 1 is 1.44 bits per heavy atom. The Kier molecular flexibility index (Phi) is 2.59. The maximum absolute atomic E-state index is 11.2. The van der Waals surface area contributed by atoms with Crippen LogP contribution in [0.3, 0.4) is 0 Å². The van der Waals surface area contributed by atoms with Crippen LogP contribution in [0.25, 0.3) is 0 Å². The molecule has 3 unspecified atom stereocenters. The van der Waals surface area contributed by atoms with Gasteiger partial charge >= 0.3 is 5.97 Å². The molecule has 0 spiro atoms. The highest BCUT2D eigenvalue weighted by molar-refractivity contribution is 9.11. The van der Waals surface area contributed by atoms with Crippen LogP contribution >= 0.6 is 27.3 Å². The van der Waals surface area contributed by atoms with E-state index in [2.05, 4.69) is 15.9 Å². The van der Waals surface area contributed by atoms with Crippen LogP contribution in [-0.2, 0) is 0 Å². The molecule has 3 atom stereocenters. The SMILES string of the molecule is O=C(O)c1sc(Br)cc1C1CC2CCC1C2. The molecule has 2 aliphatic carbocycles. The van der Waals surface area contributed by atoms with Gasteiger partial charge in [-0.25, -0.2) is 4.79 Å². The van der Waals surface area contributed by atoms with Gasteiger partial charge in [0.15, 0.2) is 0 Å². The normalized spacial score (nSPS) is 32.2. The molecule has 0 radical (unpaired) electrons. The summed E-state index contributed by atoms with van der Waals surface area (Å²) in [5, 5.41) is 9.20. The predicted molar refractivity (Wildman–Crippen MR) is 67.2 cm³/mol. The van der Waals surface area contributed by atoms with Crippen molar-refractivity contribution in [1.82, 2.24) is 0 Å². The van der Waals surface area contributed by atoms with Crippen molar-refractivity contribution in [2.24, 2.45) is 11.8 Å². The minimum absolute atomic E-state index is 0.507. The van der Waals surface area contributed by atoms with E-state index in [1.807, 2.05) is 6.07 Å². The van der Waals surface area contributed by atoms with Gasteiger partial charge in [0, 0.05) is 0 Å². The quantitative estimate of drug-likeness (QED) is 0.892. The number of carbonyl (C=O) groups is 1. The van der Waals surface area contributed by atoms with Gasteiger partial charge in [0.1, 0.15) is 4.88 Å². The van der Waals surface area contributed by atoms with Gasteiger partial charge in [-0.3, -0.25) is 0 Å². The molecule has 86 valence electrons. The summed E-state index contributed by atoms with van der Waals surface area (Å²) >= 11 is 4.76. The van der Waals surface area contributed by atoms with Crippen LogP contribution in [0.1, 0.15) is 46.8 Å². The van der Waals surface area contributed by atoms with Crippen molar-refractivity contribution in [3.05, 3.63) is 20.3 Å². The highest BCUT2D eigenvalue weighted by Crippen LogP contribution is 2.54. The molecule has 2 bridgehead atoms. The monoisotopic (exact) mass is 300 g/mol. The Bertz CT molecular complexity index is 440. The molecule has 4 heteroatoms. The molecule has 2 fully saturated rings. The fourth-order valence-electron chi connectivity index (χ4n) is 3.44. The number of carboxylic acid groups (broad SMARTS) is 1. The van der Waals surface area contributed by atoms with Crippen LogP contribution in [0.5, 0.6) is 0 Å². The molecule has 1 aromatic rings. The lowest BCUT2D eigenvalue weighted by Gasteiger charge is -2.21. The first-order valence-electron chi connectivity index (χ1n) is 5.67. The van der Waals surface area contributed by atoms with E-state index in [-0.39, 0.29) is 0 Å². The van der Waals surface area contributed by atoms with Crippen LogP contribution in [-0.4, -0.2) is 11.1 Å². The third-order valence-electron chi connectivity index (χ3n) is 4.06. The topological polar surface area (TPSA) is 37.3 Å². The van der Waals surface area contributed by atoms with Crippen LogP contribution < -0.4 is 0 Å². The second-order valence-electron chi connectivity index (χ2n) is 4.92. The molecule has 2 nitrogen and oxygen atoms in total. The lowest BCUT2D eigenvalue weighted by Crippen LogP contribution is -2.11. The highest BCUT2D eigenvalue weighted by Gasteiger charge is 2.41. The minimum Gasteiger partial charge on any atom is -0.477 e. The van der Waals surface area contributed by atoms with E-state index < -0.39 is 5.97 Å². The third-order valence-corrected chi connectivity index (χ3v) is 5.70. The van der Waals surface area contributed by atoms with E-state index in [0.29, 0.717) is 10.8 Å². The summed E-state index contributed by atoms with van der Waals surface area (Å²) in [5.41, 5.74) is 1.08. The van der Waals surface area contributed by atoms with Crippen LogP contribution in [0.4, 0.5) is 0 Å². The van der Waals surface area contributed by atoms with Gasteiger partial charge in [-0.15, -0.1) is 11.3 Å². The lowest BCUT2D eigenvalue weighted by molar-refractivity contribution is 0.0700. The maximum Gasteiger partial charge on any atom is 0.346 e. The highest BCUT2D eigenvalue weighted by atomic mass is 79.9. The van der Waals surface area contributed by atoms with Gasteiger partial charge in [0.25, 0.3) is 0 Å². The van der Waals surface area contributed by atoms with Crippen LogP contribution in [0.2, 0.25) is 0 Å². The molecular formula is C12H13BrO2S. The van der Waals surface area contributed by atoms with E-state index in [1.165, 1.54) is 37.0 Å². The zero-order valence-corrected chi connectivity index (χ0v) is 11.2. The number of thiophene rings is 1. The number of fused-ring (bicyclic) bond motifs is 2. The van der Waals surface area contributed by atoms with E-state index >= 15 is 0 Å². The van der Waals surface area contributed by atoms with Crippen molar-refractivity contribution in [3.63, 3.8) is 0 Å².